The molecule has 1 aromatic rings. The number of carbonyl (C=O) groups is 2. The summed E-state index contributed by atoms with van der Waals surface area (Å²) in [5.41, 5.74) is 0.720. The maximum atomic E-state index is 12.0. The molecule has 2 amide bonds. The Balaban J connectivity index is 1.51. The number of likely N-dealkylation sites (tertiary alicyclic amines) is 1. The fourth-order valence-electron chi connectivity index (χ4n) is 3.24. The average molecular weight is 302 g/mol. The number of hydrogen-bond acceptors (Lipinski definition) is 4. The summed E-state index contributed by atoms with van der Waals surface area (Å²) in [6.07, 6.45) is 6.86. The van der Waals surface area contributed by atoms with Crippen LogP contribution in [0.15, 0.2) is 24.5 Å². The maximum absolute atomic E-state index is 12.0. The van der Waals surface area contributed by atoms with E-state index in [1.807, 2.05) is 6.07 Å². The second kappa shape index (κ2) is 6.87. The second-order valence-corrected chi connectivity index (χ2v) is 6.13. The molecule has 3 heterocycles. The summed E-state index contributed by atoms with van der Waals surface area (Å²) < 4.78 is 0. The van der Waals surface area contributed by atoms with Gasteiger partial charge in [0.15, 0.2) is 0 Å². The second-order valence-electron chi connectivity index (χ2n) is 6.13. The molecule has 0 aliphatic carbocycles. The van der Waals surface area contributed by atoms with Crippen molar-refractivity contribution in [1.29, 1.82) is 0 Å². The molecule has 2 atom stereocenters. The fourth-order valence-corrected chi connectivity index (χ4v) is 3.24. The van der Waals surface area contributed by atoms with Gasteiger partial charge in [0.05, 0.1) is 17.8 Å². The van der Waals surface area contributed by atoms with Gasteiger partial charge in [0, 0.05) is 38.3 Å². The smallest absolute Gasteiger partial charge is 0.225 e. The Morgan fingerprint density at radius 2 is 2.32 bits per heavy atom. The van der Waals surface area contributed by atoms with Crippen molar-refractivity contribution in [2.24, 2.45) is 5.92 Å². The molecule has 22 heavy (non-hydrogen) atoms. The summed E-state index contributed by atoms with van der Waals surface area (Å²) in [4.78, 5) is 30.2. The molecular weight excluding hydrogens is 280 g/mol. The highest BCUT2D eigenvalue weighted by molar-refractivity contribution is 5.90. The van der Waals surface area contributed by atoms with Crippen LogP contribution >= 0.6 is 0 Å². The van der Waals surface area contributed by atoms with Crippen molar-refractivity contribution < 1.29 is 9.59 Å². The Bertz CT molecular complexity index is 534. The standard InChI is InChI=1S/C16H22N4O2/c21-15(18-13-5-2-7-17-9-13)6-8-20-10-12-3-1-4-14(11-20)19-16(12)22/h2,5,7,9,12,14H,1,3-4,6,8,10-11H2,(H,18,21)(H,19,22)/t12-,14+/m0/s1. The molecule has 6 nitrogen and oxygen atoms in total. The number of fused-ring (bicyclic) bond motifs is 3. The van der Waals surface area contributed by atoms with Crippen LogP contribution in [0.1, 0.15) is 25.7 Å². The third-order valence-corrected chi connectivity index (χ3v) is 4.38. The number of pyridine rings is 1. The Morgan fingerprint density at radius 3 is 3.14 bits per heavy atom. The van der Waals surface area contributed by atoms with Crippen LogP contribution in [0.25, 0.3) is 0 Å². The molecule has 2 aliphatic heterocycles. The molecule has 0 unspecified atom stereocenters. The topological polar surface area (TPSA) is 74.3 Å². The van der Waals surface area contributed by atoms with Gasteiger partial charge in [-0.15, -0.1) is 0 Å². The van der Waals surface area contributed by atoms with E-state index in [9.17, 15) is 9.59 Å². The maximum Gasteiger partial charge on any atom is 0.225 e. The summed E-state index contributed by atoms with van der Waals surface area (Å²) in [5.74, 6) is 0.250. The van der Waals surface area contributed by atoms with Gasteiger partial charge in [-0.25, -0.2) is 0 Å². The molecule has 2 fully saturated rings. The van der Waals surface area contributed by atoms with Crippen molar-refractivity contribution >= 4 is 17.5 Å². The molecule has 0 aromatic carbocycles. The van der Waals surface area contributed by atoms with Crippen LogP contribution in [0.2, 0.25) is 0 Å². The van der Waals surface area contributed by atoms with Crippen molar-refractivity contribution in [1.82, 2.24) is 15.2 Å². The zero-order valence-corrected chi connectivity index (χ0v) is 12.6. The largest absolute Gasteiger partial charge is 0.352 e. The van der Waals surface area contributed by atoms with E-state index in [4.69, 9.17) is 0 Å². The molecule has 3 rings (SSSR count). The van der Waals surface area contributed by atoms with Gasteiger partial charge >= 0.3 is 0 Å². The molecule has 2 bridgehead atoms. The molecule has 0 saturated carbocycles. The van der Waals surface area contributed by atoms with E-state index in [0.29, 0.717) is 13.0 Å². The zero-order valence-electron chi connectivity index (χ0n) is 12.6. The summed E-state index contributed by atoms with van der Waals surface area (Å²) in [6.45, 7) is 2.30. The highest BCUT2D eigenvalue weighted by Gasteiger charge is 2.32. The normalized spacial score (nSPS) is 25.2. The average Bonchev–Trinajstić information content (AvgIpc) is 2.75. The van der Waals surface area contributed by atoms with E-state index in [0.717, 1.165) is 38.0 Å². The minimum Gasteiger partial charge on any atom is -0.352 e. The lowest BCUT2D eigenvalue weighted by Crippen LogP contribution is -2.39. The van der Waals surface area contributed by atoms with Gasteiger partial charge < -0.3 is 10.6 Å². The first kappa shape index (κ1) is 15.0. The van der Waals surface area contributed by atoms with E-state index < -0.39 is 0 Å². The Hall–Kier alpha value is -1.95. The first-order valence-corrected chi connectivity index (χ1v) is 7.93. The first-order chi connectivity index (χ1) is 10.7. The van der Waals surface area contributed by atoms with Crippen LogP contribution in [0.5, 0.6) is 0 Å². The number of rotatable bonds is 4. The number of carbonyl (C=O) groups excluding carboxylic acids is 2. The van der Waals surface area contributed by atoms with Gasteiger partial charge in [0.25, 0.3) is 0 Å². The number of aromatic nitrogens is 1. The van der Waals surface area contributed by atoms with Crippen LogP contribution in [0.3, 0.4) is 0 Å². The van der Waals surface area contributed by atoms with E-state index >= 15 is 0 Å². The van der Waals surface area contributed by atoms with Crippen molar-refractivity contribution in [3.63, 3.8) is 0 Å². The SMILES string of the molecule is O=C(CCN1C[C@H]2CCC[C@@H](C1)C(=O)N2)Nc1cccnc1. The minimum atomic E-state index is -0.0123. The van der Waals surface area contributed by atoms with E-state index in [1.165, 1.54) is 0 Å². The van der Waals surface area contributed by atoms with Gasteiger partial charge in [-0.3, -0.25) is 19.5 Å². The zero-order chi connectivity index (χ0) is 15.4. The summed E-state index contributed by atoms with van der Waals surface area (Å²) in [7, 11) is 0. The molecule has 2 saturated heterocycles. The Kier molecular flexibility index (Phi) is 4.68. The number of hydrogen-bond donors (Lipinski definition) is 2. The summed E-state index contributed by atoms with van der Waals surface area (Å²) in [6, 6.07) is 3.86. The predicted octanol–water partition coefficient (Wildman–Crippen LogP) is 1.01. The van der Waals surface area contributed by atoms with E-state index in [2.05, 4.69) is 20.5 Å². The molecule has 2 N–H and O–H groups in total. The monoisotopic (exact) mass is 302 g/mol. The van der Waals surface area contributed by atoms with Crippen molar-refractivity contribution in [2.75, 3.05) is 25.0 Å². The minimum absolute atomic E-state index is 0.0123. The quantitative estimate of drug-likeness (QED) is 0.870. The summed E-state index contributed by atoms with van der Waals surface area (Å²) in [5, 5.41) is 5.95. The number of nitrogens with one attached hydrogen (secondary N) is 2. The molecule has 0 spiro atoms. The highest BCUT2D eigenvalue weighted by atomic mass is 16.2. The Morgan fingerprint density at radius 1 is 1.41 bits per heavy atom. The van der Waals surface area contributed by atoms with Crippen molar-refractivity contribution in [3.05, 3.63) is 24.5 Å². The fraction of sp³-hybridized carbons (Fsp3) is 0.562. The molecule has 6 heteroatoms. The van der Waals surface area contributed by atoms with Crippen LogP contribution in [0.4, 0.5) is 5.69 Å². The molecule has 1 aromatic heterocycles. The highest BCUT2D eigenvalue weighted by Crippen LogP contribution is 2.21. The van der Waals surface area contributed by atoms with E-state index in [1.54, 1.807) is 18.5 Å². The number of amides is 2. The van der Waals surface area contributed by atoms with Gasteiger partial charge in [0.2, 0.25) is 11.8 Å². The number of nitrogens with zero attached hydrogens (tertiary/aromatic N) is 2. The van der Waals surface area contributed by atoms with Crippen LogP contribution in [0, 0.1) is 5.92 Å². The first-order valence-electron chi connectivity index (χ1n) is 7.93. The molecule has 118 valence electrons. The number of anilines is 1. The lowest BCUT2D eigenvalue weighted by molar-refractivity contribution is -0.124. The van der Waals surface area contributed by atoms with Crippen LogP contribution < -0.4 is 10.6 Å². The molecular formula is C16H22N4O2. The van der Waals surface area contributed by atoms with Gasteiger partial charge in [-0.05, 0) is 25.0 Å². The molecule has 0 radical (unpaired) electrons. The lowest BCUT2D eigenvalue weighted by Gasteiger charge is -2.27. The van der Waals surface area contributed by atoms with Crippen LogP contribution in [-0.4, -0.2) is 47.4 Å². The van der Waals surface area contributed by atoms with E-state index in [-0.39, 0.29) is 23.8 Å². The van der Waals surface area contributed by atoms with Gasteiger partial charge in [0.1, 0.15) is 0 Å². The third kappa shape index (κ3) is 3.82. The predicted molar refractivity (Wildman–Crippen MR) is 83.2 cm³/mol. The molecule has 2 aliphatic rings. The third-order valence-electron chi connectivity index (χ3n) is 4.38. The van der Waals surface area contributed by atoms with Crippen molar-refractivity contribution in [3.8, 4) is 0 Å². The Labute approximate surface area is 130 Å². The van der Waals surface area contributed by atoms with Gasteiger partial charge in [-0.1, -0.05) is 6.42 Å². The summed E-state index contributed by atoms with van der Waals surface area (Å²) >= 11 is 0. The lowest BCUT2D eigenvalue weighted by atomic mass is 9.99. The van der Waals surface area contributed by atoms with Crippen LogP contribution in [-0.2, 0) is 9.59 Å². The van der Waals surface area contributed by atoms with Gasteiger partial charge in [-0.2, -0.15) is 0 Å². The van der Waals surface area contributed by atoms with Crippen molar-refractivity contribution in [2.45, 2.75) is 31.7 Å².